The van der Waals surface area contributed by atoms with E-state index >= 15 is 0 Å². The van der Waals surface area contributed by atoms with E-state index < -0.39 is 0 Å². The largest absolute Gasteiger partial charge is 0.378 e. The normalized spacial score (nSPS) is 19.2. The Morgan fingerprint density at radius 2 is 1.45 bits per heavy atom. The van der Waals surface area contributed by atoms with Gasteiger partial charge in [-0.05, 0) is 42.3 Å². The van der Waals surface area contributed by atoms with Crippen molar-refractivity contribution in [1.29, 1.82) is 0 Å². The van der Waals surface area contributed by atoms with Crippen molar-refractivity contribution in [2.75, 3.05) is 50.8 Å². The summed E-state index contributed by atoms with van der Waals surface area (Å²) in [5.41, 5.74) is 4.99. The quantitative estimate of drug-likeness (QED) is 0.445. The number of hydrogen-bond donors (Lipinski definition) is 0. The summed E-state index contributed by atoms with van der Waals surface area (Å²) < 4.78 is 5.46. The Hall–Kier alpha value is -2.98. The van der Waals surface area contributed by atoms with Crippen LogP contribution in [0.25, 0.3) is 11.4 Å². The average molecular weight is 553 g/mol. The third-order valence-corrected chi connectivity index (χ3v) is 7.56. The highest BCUT2D eigenvalue weighted by molar-refractivity contribution is 6.31. The smallest absolute Gasteiger partial charge is 0.266 e. The zero-order chi connectivity index (χ0) is 25.9. The van der Waals surface area contributed by atoms with Crippen molar-refractivity contribution in [3.05, 3.63) is 69.7 Å². The van der Waals surface area contributed by atoms with Crippen LogP contribution in [0.3, 0.4) is 0 Å². The van der Waals surface area contributed by atoms with Gasteiger partial charge < -0.3 is 9.64 Å². The summed E-state index contributed by atoms with van der Waals surface area (Å²) in [5, 5.41) is 19.6. The third kappa shape index (κ3) is 5.56. The van der Waals surface area contributed by atoms with Gasteiger partial charge in [-0.15, -0.1) is 5.10 Å². The fraction of sp³-hybridized carbons (Fsp3) is 0.407. The Morgan fingerprint density at radius 1 is 0.789 bits per heavy atom. The van der Waals surface area contributed by atoms with Crippen LogP contribution in [0.2, 0.25) is 10.0 Å². The first-order chi connectivity index (χ1) is 18.6. The summed E-state index contributed by atoms with van der Waals surface area (Å²) in [6, 6.07) is 15.9. The summed E-state index contributed by atoms with van der Waals surface area (Å²) in [5.74, 6) is 0.632. The molecule has 6 rings (SSSR count). The molecular weight excluding hydrogens is 523 g/mol. The molecule has 0 atom stereocenters. The number of hydrazine groups is 1. The number of aromatic nitrogens is 4. The van der Waals surface area contributed by atoms with E-state index in [4.69, 9.17) is 32.9 Å². The maximum Gasteiger partial charge on any atom is 0.266 e. The number of aliphatic imine (C=N–C) groups is 1. The number of halogens is 2. The minimum absolute atomic E-state index is 0.451. The molecule has 1 aromatic heterocycles. The first-order valence-corrected chi connectivity index (χ1v) is 13.9. The van der Waals surface area contributed by atoms with Crippen LogP contribution < -0.4 is 4.90 Å². The Kier molecular flexibility index (Phi) is 7.60. The van der Waals surface area contributed by atoms with Crippen LogP contribution in [-0.4, -0.2) is 81.9 Å². The molecule has 0 saturated carbocycles. The van der Waals surface area contributed by atoms with Gasteiger partial charge in [0.15, 0.2) is 0 Å². The molecule has 2 saturated heterocycles. The van der Waals surface area contributed by atoms with Gasteiger partial charge in [0.25, 0.3) is 5.95 Å². The lowest BCUT2D eigenvalue weighted by atomic mass is 10.0. The monoisotopic (exact) mass is 552 g/mol. The zero-order valence-electron chi connectivity index (χ0n) is 21.1. The van der Waals surface area contributed by atoms with Gasteiger partial charge in [0.2, 0.25) is 0 Å². The Bertz CT molecular complexity index is 1310. The summed E-state index contributed by atoms with van der Waals surface area (Å²) in [7, 11) is 0. The highest BCUT2D eigenvalue weighted by Crippen LogP contribution is 2.36. The lowest BCUT2D eigenvalue weighted by molar-refractivity contribution is 0.0272. The molecule has 2 fully saturated rings. The predicted molar refractivity (Wildman–Crippen MR) is 150 cm³/mol. The molecule has 0 N–H and O–H groups in total. The van der Waals surface area contributed by atoms with Crippen molar-refractivity contribution in [1.82, 2.24) is 30.2 Å². The number of benzene rings is 2. The molecule has 0 spiro atoms. The van der Waals surface area contributed by atoms with Gasteiger partial charge in [-0.2, -0.15) is 4.80 Å². The molecule has 0 radical (unpaired) electrons. The highest BCUT2D eigenvalue weighted by Gasteiger charge is 2.30. The standard InChI is InChI=1S/C27H30Cl2N8O/c28-22-8-4-20(5-9-22)25-26(21-6-10-23(29)11-7-21)36(35-12-2-1-3-13-35)18-24(30-25)19-37-32-27(31-33-37)34-14-16-38-17-15-34/h4-11H,1-3,12-19H2. The number of piperidine rings is 1. The van der Waals surface area contributed by atoms with E-state index in [0.29, 0.717) is 42.3 Å². The van der Waals surface area contributed by atoms with Crippen LogP contribution in [0.1, 0.15) is 30.4 Å². The molecule has 0 bridgehead atoms. The zero-order valence-corrected chi connectivity index (χ0v) is 22.7. The fourth-order valence-corrected chi connectivity index (χ4v) is 5.38. The van der Waals surface area contributed by atoms with E-state index in [9.17, 15) is 0 Å². The number of tetrazole rings is 1. The third-order valence-electron chi connectivity index (χ3n) is 7.05. The molecule has 0 amide bonds. The molecule has 9 nitrogen and oxygen atoms in total. The van der Waals surface area contributed by atoms with Crippen molar-refractivity contribution in [2.24, 2.45) is 4.99 Å². The van der Waals surface area contributed by atoms with E-state index in [1.165, 1.54) is 19.3 Å². The molecular formula is C27H30Cl2N8O. The first-order valence-electron chi connectivity index (χ1n) is 13.1. The summed E-state index contributed by atoms with van der Waals surface area (Å²) in [4.78, 5) is 8.96. The summed E-state index contributed by atoms with van der Waals surface area (Å²) >= 11 is 12.5. The van der Waals surface area contributed by atoms with E-state index in [-0.39, 0.29) is 0 Å². The molecule has 198 valence electrons. The van der Waals surface area contributed by atoms with Crippen LogP contribution in [0, 0.1) is 0 Å². The van der Waals surface area contributed by atoms with Gasteiger partial charge in [-0.3, -0.25) is 10.0 Å². The van der Waals surface area contributed by atoms with Crippen LogP contribution in [0.5, 0.6) is 0 Å². The molecule has 4 heterocycles. The van der Waals surface area contributed by atoms with Crippen molar-refractivity contribution < 1.29 is 4.74 Å². The Balaban J connectivity index is 1.40. The van der Waals surface area contributed by atoms with Crippen molar-refractivity contribution in [2.45, 2.75) is 25.8 Å². The Labute approximate surface area is 232 Å². The number of morpholine rings is 1. The minimum Gasteiger partial charge on any atom is -0.378 e. The number of ether oxygens (including phenoxy) is 1. The second-order valence-corrected chi connectivity index (χ2v) is 10.6. The van der Waals surface area contributed by atoms with Gasteiger partial charge in [-0.25, -0.2) is 5.01 Å². The van der Waals surface area contributed by atoms with Crippen molar-refractivity contribution >= 4 is 46.3 Å². The van der Waals surface area contributed by atoms with Crippen LogP contribution in [0.4, 0.5) is 5.95 Å². The van der Waals surface area contributed by atoms with Crippen LogP contribution >= 0.6 is 23.2 Å². The number of nitrogens with zero attached hydrogens (tertiary/aromatic N) is 8. The van der Waals surface area contributed by atoms with Crippen molar-refractivity contribution in [3.8, 4) is 0 Å². The maximum atomic E-state index is 6.26. The number of anilines is 1. The molecule has 3 aliphatic rings. The van der Waals surface area contributed by atoms with Gasteiger partial charge >= 0.3 is 0 Å². The van der Waals surface area contributed by atoms with Crippen LogP contribution in [-0.2, 0) is 11.3 Å². The second-order valence-electron chi connectivity index (χ2n) is 9.68. The maximum absolute atomic E-state index is 6.26. The van der Waals surface area contributed by atoms with E-state index in [0.717, 1.165) is 54.4 Å². The van der Waals surface area contributed by atoms with E-state index in [1.54, 1.807) is 4.80 Å². The average Bonchev–Trinajstić information content (AvgIpc) is 3.43. The molecule has 3 aromatic rings. The lowest BCUT2D eigenvalue weighted by Gasteiger charge is -2.43. The number of rotatable bonds is 6. The first kappa shape index (κ1) is 25.3. The molecule has 0 unspecified atom stereocenters. The van der Waals surface area contributed by atoms with Gasteiger partial charge in [0.05, 0.1) is 36.9 Å². The molecule has 11 heteroatoms. The SMILES string of the molecule is Clc1ccc(C2=C(c3ccc(Cl)cc3)N(N3CCCCC3)CC(Cn3nnc(N4CCOCC4)n3)=N2)cc1. The highest BCUT2D eigenvalue weighted by atomic mass is 35.5. The topological polar surface area (TPSA) is 74.9 Å². The van der Waals surface area contributed by atoms with Gasteiger partial charge in [0.1, 0.15) is 6.54 Å². The minimum atomic E-state index is 0.451. The molecule has 38 heavy (non-hydrogen) atoms. The lowest BCUT2D eigenvalue weighted by Crippen LogP contribution is -2.48. The fourth-order valence-electron chi connectivity index (χ4n) is 5.12. The summed E-state index contributed by atoms with van der Waals surface area (Å²) in [6.07, 6.45) is 3.59. The van der Waals surface area contributed by atoms with Crippen molar-refractivity contribution in [3.63, 3.8) is 0 Å². The second kappa shape index (κ2) is 11.4. The van der Waals surface area contributed by atoms with E-state index in [1.807, 2.05) is 36.4 Å². The predicted octanol–water partition coefficient (Wildman–Crippen LogP) is 4.50. The van der Waals surface area contributed by atoms with Gasteiger partial charge in [0, 0.05) is 47.4 Å². The summed E-state index contributed by atoms with van der Waals surface area (Å²) in [6.45, 7) is 5.98. The molecule has 3 aliphatic heterocycles. The van der Waals surface area contributed by atoms with E-state index in [2.05, 4.69) is 42.5 Å². The molecule has 2 aromatic carbocycles. The van der Waals surface area contributed by atoms with Crippen LogP contribution in [0.15, 0.2) is 53.5 Å². The van der Waals surface area contributed by atoms with Gasteiger partial charge in [-0.1, -0.05) is 59.0 Å². The Morgan fingerprint density at radius 3 is 2.13 bits per heavy atom. The molecule has 0 aliphatic carbocycles. The number of hydrogen-bond acceptors (Lipinski definition) is 8.